The average molecular weight is 537 g/mol. The number of hydrogen-bond donors (Lipinski definition) is 0. The number of rotatable bonds is 3. The van der Waals surface area contributed by atoms with E-state index in [0.29, 0.717) is 0 Å². The normalized spacial score (nSPS) is 11.8. The van der Waals surface area contributed by atoms with Gasteiger partial charge in [-0.1, -0.05) is 121 Å². The van der Waals surface area contributed by atoms with Crippen LogP contribution in [0, 0.1) is 0 Å². The molecule has 0 fully saturated rings. The van der Waals surface area contributed by atoms with Crippen molar-refractivity contribution in [1.82, 2.24) is 0 Å². The summed E-state index contributed by atoms with van der Waals surface area (Å²) >= 11 is 0. The topological polar surface area (TPSA) is 26.3 Å². The quantitative estimate of drug-likeness (QED) is 0.210. The van der Waals surface area contributed by atoms with E-state index in [-0.39, 0.29) is 0 Å². The van der Waals surface area contributed by atoms with Crippen molar-refractivity contribution in [2.75, 3.05) is 0 Å². The van der Waals surface area contributed by atoms with Gasteiger partial charge in [-0.05, 0) is 62.0 Å². The third kappa shape index (κ3) is 3.33. The molecule has 0 radical (unpaired) electrons. The number of benzene rings is 7. The average Bonchev–Trinajstić information content (AvgIpc) is 3.69. The summed E-state index contributed by atoms with van der Waals surface area (Å²) in [5, 5.41) is 8.14. The molecule has 0 bridgehead atoms. The maximum atomic E-state index is 6.64. The molecule has 0 N–H and O–H groups in total. The highest BCUT2D eigenvalue weighted by atomic mass is 16.3. The second-order valence-corrected chi connectivity index (χ2v) is 10.8. The van der Waals surface area contributed by atoms with E-state index in [2.05, 4.69) is 121 Å². The fourth-order valence-electron chi connectivity index (χ4n) is 6.73. The van der Waals surface area contributed by atoms with Crippen LogP contribution >= 0.6 is 0 Å². The molecule has 0 aliphatic carbocycles. The van der Waals surface area contributed by atoms with Crippen molar-refractivity contribution in [3.8, 4) is 33.4 Å². The van der Waals surface area contributed by atoms with E-state index in [1.807, 2.05) is 18.2 Å². The molecule has 0 aliphatic heterocycles. The van der Waals surface area contributed by atoms with Crippen molar-refractivity contribution in [3.63, 3.8) is 0 Å². The Labute approximate surface area is 242 Å². The highest BCUT2D eigenvalue weighted by molar-refractivity contribution is 6.26. The first kappa shape index (κ1) is 23.1. The molecule has 0 amide bonds. The van der Waals surface area contributed by atoms with Crippen LogP contribution in [0.5, 0.6) is 0 Å². The zero-order valence-electron chi connectivity index (χ0n) is 22.7. The highest BCUT2D eigenvalue weighted by Crippen LogP contribution is 2.47. The summed E-state index contributed by atoms with van der Waals surface area (Å²) in [6.45, 7) is 0. The molecule has 0 spiro atoms. The van der Waals surface area contributed by atoms with Gasteiger partial charge in [-0.3, -0.25) is 0 Å². The monoisotopic (exact) mass is 536 g/mol. The maximum absolute atomic E-state index is 6.64. The van der Waals surface area contributed by atoms with Crippen LogP contribution in [0.2, 0.25) is 0 Å². The van der Waals surface area contributed by atoms with Crippen LogP contribution < -0.4 is 0 Å². The van der Waals surface area contributed by atoms with E-state index >= 15 is 0 Å². The van der Waals surface area contributed by atoms with E-state index in [0.717, 1.165) is 38.5 Å². The highest BCUT2D eigenvalue weighted by Gasteiger charge is 2.21. The van der Waals surface area contributed by atoms with E-state index in [1.54, 1.807) is 6.26 Å². The third-order valence-electron chi connectivity index (χ3n) is 8.57. The van der Waals surface area contributed by atoms with Gasteiger partial charge in [0.2, 0.25) is 0 Å². The summed E-state index contributed by atoms with van der Waals surface area (Å²) < 4.78 is 12.4. The Balaban J connectivity index is 1.35. The maximum Gasteiger partial charge on any atom is 0.143 e. The van der Waals surface area contributed by atoms with Gasteiger partial charge < -0.3 is 8.83 Å². The minimum absolute atomic E-state index is 0.870. The summed E-state index contributed by atoms with van der Waals surface area (Å²) in [6.07, 6.45) is 1.75. The summed E-state index contributed by atoms with van der Waals surface area (Å²) in [5.74, 6) is 0. The van der Waals surface area contributed by atoms with Gasteiger partial charge >= 0.3 is 0 Å². The van der Waals surface area contributed by atoms with E-state index in [9.17, 15) is 0 Å². The first-order valence-corrected chi connectivity index (χ1v) is 14.3. The van der Waals surface area contributed by atoms with Crippen LogP contribution in [0.25, 0.3) is 87.8 Å². The SMILES string of the molecule is c1ccc(-c2ccc(-c3c4ccccc4c(-c4cccc5c4oc4ccc6occc6c45)c4ccccc34)cc2)cc1. The van der Waals surface area contributed by atoms with Gasteiger partial charge in [0.05, 0.1) is 6.26 Å². The molecule has 2 heteroatoms. The molecule has 2 heterocycles. The molecule has 0 atom stereocenters. The minimum atomic E-state index is 0.870. The Hall–Kier alpha value is -5.60. The lowest BCUT2D eigenvalue weighted by Crippen LogP contribution is -1.91. The summed E-state index contributed by atoms with van der Waals surface area (Å²) in [5.41, 5.74) is 9.83. The number of fused-ring (bicyclic) bond motifs is 7. The molecule has 2 aromatic heterocycles. The predicted molar refractivity (Wildman–Crippen MR) is 175 cm³/mol. The Morgan fingerprint density at radius 1 is 0.357 bits per heavy atom. The van der Waals surface area contributed by atoms with Crippen LogP contribution in [0.15, 0.2) is 155 Å². The lowest BCUT2D eigenvalue weighted by molar-refractivity contribution is 0.615. The molecule has 196 valence electrons. The van der Waals surface area contributed by atoms with Crippen molar-refractivity contribution in [1.29, 1.82) is 0 Å². The van der Waals surface area contributed by atoms with E-state index in [4.69, 9.17) is 8.83 Å². The van der Waals surface area contributed by atoms with Gasteiger partial charge in [0, 0.05) is 27.3 Å². The van der Waals surface area contributed by atoms with Gasteiger partial charge in [0.25, 0.3) is 0 Å². The second kappa shape index (κ2) is 8.95. The minimum Gasteiger partial charge on any atom is -0.464 e. The molecule has 42 heavy (non-hydrogen) atoms. The zero-order chi connectivity index (χ0) is 27.6. The van der Waals surface area contributed by atoms with Crippen LogP contribution in [0.1, 0.15) is 0 Å². The largest absolute Gasteiger partial charge is 0.464 e. The Kier molecular flexibility index (Phi) is 4.93. The van der Waals surface area contributed by atoms with Crippen molar-refractivity contribution < 1.29 is 8.83 Å². The van der Waals surface area contributed by atoms with Crippen LogP contribution in [0.4, 0.5) is 0 Å². The number of furan rings is 2. The van der Waals surface area contributed by atoms with Crippen molar-refractivity contribution >= 4 is 54.5 Å². The molecule has 0 aliphatic rings. The Bertz CT molecular complexity index is 2380. The smallest absolute Gasteiger partial charge is 0.143 e. The molecular formula is C40H24O2. The van der Waals surface area contributed by atoms with Gasteiger partial charge in [-0.15, -0.1) is 0 Å². The van der Waals surface area contributed by atoms with E-state index in [1.165, 1.54) is 49.4 Å². The fourth-order valence-corrected chi connectivity index (χ4v) is 6.73. The molecule has 0 unspecified atom stereocenters. The van der Waals surface area contributed by atoms with Gasteiger partial charge in [0.1, 0.15) is 16.7 Å². The first-order chi connectivity index (χ1) is 20.8. The van der Waals surface area contributed by atoms with Crippen molar-refractivity contribution in [2.24, 2.45) is 0 Å². The molecule has 7 aromatic carbocycles. The molecule has 9 rings (SSSR count). The first-order valence-electron chi connectivity index (χ1n) is 14.3. The van der Waals surface area contributed by atoms with E-state index < -0.39 is 0 Å². The number of hydrogen-bond acceptors (Lipinski definition) is 2. The van der Waals surface area contributed by atoms with Gasteiger partial charge in [-0.25, -0.2) is 0 Å². The summed E-state index contributed by atoms with van der Waals surface area (Å²) in [7, 11) is 0. The van der Waals surface area contributed by atoms with Crippen LogP contribution in [-0.4, -0.2) is 0 Å². The second-order valence-electron chi connectivity index (χ2n) is 10.8. The fraction of sp³-hybridized carbons (Fsp3) is 0. The van der Waals surface area contributed by atoms with Gasteiger partial charge in [0.15, 0.2) is 0 Å². The molecule has 0 saturated heterocycles. The molecule has 9 aromatic rings. The number of para-hydroxylation sites is 1. The van der Waals surface area contributed by atoms with Gasteiger partial charge in [-0.2, -0.15) is 0 Å². The lowest BCUT2D eigenvalue weighted by Gasteiger charge is -2.18. The third-order valence-corrected chi connectivity index (χ3v) is 8.57. The van der Waals surface area contributed by atoms with Crippen molar-refractivity contribution in [2.45, 2.75) is 0 Å². The summed E-state index contributed by atoms with van der Waals surface area (Å²) in [4.78, 5) is 0. The molecule has 2 nitrogen and oxygen atoms in total. The molecule has 0 saturated carbocycles. The Morgan fingerprint density at radius 3 is 1.64 bits per heavy atom. The standard InChI is InChI=1S/C40H24O2/c1-2-9-25(10-3-1)26-17-19-27(20-18-26)37-28-11-4-6-13-30(28)38(31-14-7-5-12-29(31)37)33-15-8-16-34-39-32-23-24-41-35(32)21-22-36(39)42-40(33)34/h1-24H. The Morgan fingerprint density at radius 2 is 0.929 bits per heavy atom. The molecular weight excluding hydrogens is 512 g/mol. The van der Waals surface area contributed by atoms with Crippen LogP contribution in [0.3, 0.4) is 0 Å². The van der Waals surface area contributed by atoms with Crippen LogP contribution in [-0.2, 0) is 0 Å². The zero-order valence-corrected chi connectivity index (χ0v) is 22.7. The van der Waals surface area contributed by atoms with Crippen molar-refractivity contribution in [3.05, 3.63) is 146 Å². The lowest BCUT2D eigenvalue weighted by atomic mass is 9.85. The summed E-state index contributed by atoms with van der Waals surface area (Å²) in [6, 6.07) is 49.6. The predicted octanol–water partition coefficient (Wildman–Crippen LogP) is 11.6.